The Balaban J connectivity index is 1.68. The first kappa shape index (κ1) is 22.5. The van der Waals surface area contributed by atoms with Crippen LogP contribution in [0.2, 0.25) is 0 Å². The zero-order chi connectivity index (χ0) is 22.4. The lowest BCUT2D eigenvalue weighted by atomic mass is 10.3. The van der Waals surface area contributed by atoms with Crippen molar-refractivity contribution < 1.29 is 19.4 Å². The van der Waals surface area contributed by atoms with Gasteiger partial charge in [0.1, 0.15) is 17.2 Å². The Kier molecular flexibility index (Phi) is 7.41. The number of methoxy groups -OCH3 is 1. The number of phenols is 1. The van der Waals surface area contributed by atoms with Gasteiger partial charge in [-0.25, -0.2) is 0 Å². The van der Waals surface area contributed by atoms with E-state index in [0.717, 1.165) is 0 Å². The Morgan fingerprint density at radius 2 is 1.87 bits per heavy atom. The number of carbonyl (C=O) groups is 1. The molecule has 8 nitrogen and oxygen atoms in total. The monoisotopic (exact) mass is 442 g/mol. The molecule has 31 heavy (non-hydrogen) atoms. The van der Waals surface area contributed by atoms with Gasteiger partial charge in [0, 0.05) is 23.9 Å². The van der Waals surface area contributed by atoms with Crippen molar-refractivity contribution in [3.63, 3.8) is 0 Å². The summed E-state index contributed by atoms with van der Waals surface area (Å²) in [7, 11) is 1.61. The number of rotatable bonds is 9. The summed E-state index contributed by atoms with van der Waals surface area (Å²) in [5.41, 5.74) is 0.539. The van der Waals surface area contributed by atoms with E-state index >= 15 is 0 Å². The summed E-state index contributed by atoms with van der Waals surface area (Å²) in [6.07, 6.45) is -0.350. The maximum absolute atomic E-state index is 12.3. The average molecular weight is 443 g/mol. The molecule has 1 amide bonds. The fourth-order valence-corrected chi connectivity index (χ4v) is 3.87. The number of aromatic hydroxyl groups is 1. The summed E-state index contributed by atoms with van der Waals surface area (Å²) in [4.78, 5) is 12.3. The predicted octanol–water partition coefficient (Wildman–Crippen LogP) is 4.44. The van der Waals surface area contributed by atoms with Gasteiger partial charge >= 0.3 is 0 Å². The van der Waals surface area contributed by atoms with Gasteiger partial charge in [-0.3, -0.25) is 4.79 Å². The van der Waals surface area contributed by atoms with E-state index < -0.39 is 0 Å². The van der Waals surface area contributed by atoms with Crippen molar-refractivity contribution in [3.05, 3.63) is 54.4 Å². The minimum absolute atomic E-state index is 0.0815. The Hall–Kier alpha value is -3.20. The lowest BCUT2D eigenvalue weighted by Gasteiger charge is -2.19. The highest BCUT2D eigenvalue weighted by atomic mass is 32.2. The lowest BCUT2D eigenvalue weighted by Crippen LogP contribution is -2.16. The number of phenolic OH excluding ortho intramolecular Hbond substituents is 1. The van der Waals surface area contributed by atoms with Crippen molar-refractivity contribution in [1.82, 2.24) is 14.8 Å². The quantitative estimate of drug-likeness (QED) is 0.473. The second kappa shape index (κ2) is 10.2. The molecule has 0 bridgehead atoms. The molecule has 1 unspecified atom stereocenters. The highest BCUT2D eigenvalue weighted by molar-refractivity contribution is 7.99. The first-order valence-electron chi connectivity index (χ1n) is 9.84. The molecule has 0 radical (unpaired) electrons. The fourth-order valence-electron chi connectivity index (χ4n) is 2.99. The first-order valence-corrected chi connectivity index (χ1v) is 10.8. The van der Waals surface area contributed by atoms with E-state index in [9.17, 15) is 9.90 Å². The van der Waals surface area contributed by atoms with Crippen molar-refractivity contribution in [2.45, 2.75) is 38.1 Å². The third-order valence-electron chi connectivity index (χ3n) is 4.39. The zero-order valence-corrected chi connectivity index (χ0v) is 18.7. The molecule has 0 spiro atoms. The molecule has 1 aromatic heterocycles. The molecule has 164 valence electrons. The third kappa shape index (κ3) is 5.91. The molecule has 1 heterocycles. The largest absolute Gasteiger partial charge is 0.508 e. The second-order valence-electron chi connectivity index (χ2n) is 7.13. The molecule has 0 aliphatic carbocycles. The van der Waals surface area contributed by atoms with Crippen LogP contribution in [-0.4, -0.2) is 38.6 Å². The number of amides is 1. The van der Waals surface area contributed by atoms with Crippen LogP contribution < -0.4 is 14.8 Å². The van der Waals surface area contributed by atoms with Gasteiger partial charge in [0.2, 0.25) is 5.91 Å². The molecule has 3 aromatic rings. The van der Waals surface area contributed by atoms with Gasteiger partial charge in [-0.05, 0) is 45.0 Å². The highest BCUT2D eigenvalue weighted by Crippen LogP contribution is 2.29. The van der Waals surface area contributed by atoms with Crippen molar-refractivity contribution in [2.24, 2.45) is 0 Å². The number of ether oxygens (including phenoxy) is 2. The summed E-state index contributed by atoms with van der Waals surface area (Å²) < 4.78 is 13.3. The first-order chi connectivity index (χ1) is 14.9. The van der Waals surface area contributed by atoms with Crippen LogP contribution in [0.4, 0.5) is 5.69 Å². The molecule has 0 saturated heterocycles. The summed E-state index contributed by atoms with van der Waals surface area (Å²) in [6, 6.07) is 13.9. The van der Waals surface area contributed by atoms with Gasteiger partial charge < -0.3 is 24.5 Å². The molecule has 3 rings (SSSR count). The molecule has 0 aliphatic rings. The number of nitrogens with one attached hydrogen (secondary N) is 1. The van der Waals surface area contributed by atoms with Crippen LogP contribution in [0.15, 0.2) is 53.7 Å². The molecule has 0 fully saturated rings. The smallest absolute Gasteiger partial charge is 0.234 e. The van der Waals surface area contributed by atoms with Crippen molar-refractivity contribution >= 4 is 23.4 Å². The van der Waals surface area contributed by atoms with Gasteiger partial charge in [-0.15, -0.1) is 10.2 Å². The topological polar surface area (TPSA) is 98.5 Å². The minimum atomic E-state index is -0.350. The van der Waals surface area contributed by atoms with Gasteiger partial charge in [0.05, 0.1) is 12.9 Å². The maximum Gasteiger partial charge on any atom is 0.234 e. The van der Waals surface area contributed by atoms with Crippen molar-refractivity contribution in [3.8, 4) is 17.2 Å². The van der Waals surface area contributed by atoms with E-state index in [-0.39, 0.29) is 29.6 Å². The van der Waals surface area contributed by atoms with Gasteiger partial charge in [0.15, 0.2) is 17.1 Å². The number of aromatic nitrogens is 3. The fraction of sp³-hybridized carbons (Fsp3) is 0.318. The van der Waals surface area contributed by atoms with E-state index in [4.69, 9.17) is 9.47 Å². The Bertz CT molecular complexity index is 1040. The van der Waals surface area contributed by atoms with E-state index in [1.54, 1.807) is 25.3 Å². The number of hydrogen-bond donors (Lipinski definition) is 2. The molecule has 0 aliphatic heterocycles. The van der Waals surface area contributed by atoms with Crippen LogP contribution in [-0.2, 0) is 4.79 Å². The molecular weight excluding hydrogens is 416 g/mol. The van der Waals surface area contributed by atoms with E-state index in [1.165, 1.54) is 17.8 Å². The van der Waals surface area contributed by atoms with Crippen molar-refractivity contribution in [2.75, 3.05) is 18.2 Å². The number of benzene rings is 2. The summed E-state index contributed by atoms with van der Waals surface area (Å²) >= 11 is 1.30. The normalized spacial score (nSPS) is 11.9. The molecule has 9 heteroatoms. The minimum Gasteiger partial charge on any atom is -0.508 e. The summed E-state index contributed by atoms with van der Waals surface area (Å²) in [6.45, 7) is 5.97. The third-order valence-corrected chi connectivity index (χ3v) is 5.33. The standard InChI is InChI=1S/C22H26N4O4S/c1-14(2)26-21(15(3)30-19-10-6-9-18(12-19)29-4)24-25-22(26)31-13-20(28)23-16-7-5-8-17(27)11-16/h5-12,14-15,27H,13H2,1-4H3,(H,23,28). The van der Waals surface area contributed by atoms with E-state index in [0.29, 0.717) is 28.2 Å². The molecule has 1 atom stereocenters. The number of thioether (sulfide) groups is 1. The number of nitrogens with zero attached hydrogens (tertiary/aromatic N) is 3. The van der Waals surface area contributed by atoms with Gasteiger partial charge in [-0.2, -0.15) is 0 Å². The summed E-state index contributed by atoms with van der Waals surface area (Å²) in [5, 5.41) is 21.5. The Labute approximate surface area is 185 Å². The van der Waals surface area contributed by atoms with E-state index in [2.05, 4.69) is 15.5 Å². The van der Waals surface area contributed by atoms with Crippen molar-refractivity contribution in [1.29, 1.82) is 0 Å². The lowest BCUT2D eigenvalue weighted by molar-refractivity contribution is -0.113. The molecule has 2 N–H and O–H groups in total. The Morgan fingerprint density at radius 1 is 1.13 bits per heavy atom. The van der Waals surface area contributed by atoms with Crippen LogP contribution in [0, 0.1) is 0 Å². The van der Waals surface area contributed by atoms with Crippen LogP contribution in [0.3, 0.4) is 0 Å². The molecule has 2 aromatic carbocycles. The number of anilines is 1. The Morgan fingerprint density at radius 3 is 2.58 bits per heavy atom. The zero-order valence-electron chi connectivity index (χ0n) is 17.9. The molecular formula is C22H26N4O4S. The predicted molar refractivity (Wildman–Crippen MR) is 120 cm³/mol. The van der Waals surface area contributed by atoms with Crippen LogP contribution in [0.25, 0.3) is 0 Å². The average Bonchev–Trinajstić information content (AvgIpc) is 3.17. The van der Waals surface area contributed by atoms with E-state index in [1.807, 2.05) is 49.6 Å². The van der Waals surface area contributed by atoms with Gasteiger partial charge in [-0.1, -0.05) is 23.9 Å². The van der Waals surface area contributed by atoms with Crippen LogP contribution >= 0.6 is 11.8 Å². The summed E-state index contributed by atoms with van der Waals surface area (Å²) in [5.74, 6) is 2.12. The second-order valence-corrected chi connectivity index (χ2v) is 8.07. The van der Waals surface area contributed by atoms with Crippen LogP contribution in [0.5, 0.6) is 17.2 Å². The number of hydrogen-bond acceptors (Lipinski definition) is 7. The number of carbonyl (C=O) groups excluding carboxylic acids is 1. The highest BCUT2D eigenvalue weighted by Gasteiger charge is 2.22. The van der Waals surface area contributed by atoms with Crippen LogP contribution in [0.1, 0.15) is 38.7 Å². The van der Waals surface area contributed by atoms with Gasteiger partial charge in [0.25, 0.3) is 0 Å². The SMILES string of the molecule is COc1cccc(OC(C)c2nnc(SCC(=O)Nc3cccc(O)c3)n2C(C)C)c1. The molecule has 0 saturated carbocycles. The maximum atomic E-state index is 12.3.